The van der Waals surface area contributed by atoms with Gasteiger partial charge in [-0.15, -0.1) is 0 Å². The highest BCUT2D eigenvalue weighted by molar-refractivity contribution is 6.32. The van der Waals surface area contributed by atoms with Crippen LogP contribution < -0.4 is 15.1 Å². The minimum Gasteiger partial charge on any atom is -0.507 e. The van der Waals surface area contributed by atoms with Gasteiger partial charge in [-0.05, 0) is 85.7 Å². The number of hydrogen-bond donors (Lipinski definition) is 2. The smallest absolute Gasteiger partial charge is 0.241 e. The van der Waals surface area contributed by atoms with Gasteiger partial charge in [0, 0.05) is 28.2 Å². The number of nitrogens with zero attached hydrogens (tertiary/aromatic N) is 2. The van der Waals surface area contributed by atoms with Gasteiger partial charge in [0.15, 0.2) is 0 Å². The van der Waals surface area contributed by atoms with Gasteiger partial charge >= 0.3 is 0 Å². The lowest BCUT2D eigenvalue weighted by Gasteiger charge is -2.49. The number of imide groups is 2. The van der Waals surface area contributed by atoms with Gasteiger partial charge in [-0.3, -0.25) is 24.1 Å². The van der Waals surface area contributed by atoms with Crippen LogP contribution in [0.25, 0.3) is 10.8 Å². The molecular weight excluding hydrogens is 693 g/mol. The van der Waals surface area contributed by atoms with Gasteiger partial charge in [-0.25, -0.2) is 9.29 Å². The van der Waals surface area contributed by atoms with Crippen LogP contribution in [0.2, 0.25) is 5.02 Å². The molecule has 4 amide bonds. The summed E-state index contributed by atoms with van der Waals surface area (Å²) in [6.07, 6.45) is 2.34. The van der Waals surface area contributed by atoms with E-state index >= 15 is 0 Å². The van der Waals surface area contributed by atoms with Crippen molar-refractivity contribution in [3.63, 3.8) is 0 Å². The highest BCUT2D eigenvalue weighted by Crippen LogP contribution is 2.65. The van der Waals surface area contributed by atoms with Crippen molar-refractivity contribution in [3.8, 4) is 5.75 Å². The van der Waals surface area contributed by atoms with Crippen LogP contribution in [0, 0.1) is 34.9 Å². The number of fused-ring (bicyclic) bond motifs is 5. The number of carbonyl (C=O) groups is 4. The Bertz CT molecular complexity index is 2420. The number of amides is 4. The third-order valence-corrected chi connectivity index (χ3v) is 12.2. The zero-order valence-corrected chi connectivity index (χ0v) is 29.3. The second kappa shape index (κ2) is 12.1. The van der Waals surface area contributed by atoms with E-state index < -0.39 is 52.6 Å². The van der Waals surface area contributed by atoms with Gasteiger partial charge in [0.1, 0.15) is 11.6 Å². The van der Waals surface area contributed by atoms with Crippen molar-refractivity contribution in [3.05, 3.63) is 137 Å². The largest absolute Gasteiger partial charge is 0.507 e. The predicted octanol–water partition coefficient (Wildman–Crippen LogP) is 8.52. The standard InChI is InChI=1S/C43H33ClFN3O5/c1-43-33(40(51)48(42(43)53)27-16-20-35(45)34(44)21-27)22-32-29(37(43)31-17-11-23-7-5-6-10-28(23)38(31)49)18-19-30-36(32)41(52)47(39(30)50)26-14-12-25(13-15-26)46-24-8-3-2-4-9-24/h2-18,20-21,30,32-33,36-37,46,49H,19,22H2,1H3. The number of carbonyl (C=O) groups excluding carboxylic acids is 4. The summed E-state index contributed by atoms with van der Waals surface area (Å²) in [6, 6.07) is 31.5. The Labute approximate surface area is 309 Å². The lowest BCUT2D eigenvalue weighted by molar-refractivity contribution is -0.131. The monoisotopic (exact) mass is 725 g/mol. The molecule has 0 radical (unpaired) electrons. The fourth-order valence-corrected chi connectivity index (χ4v) is 9.55. The highest BCUT2D eigenvalue weighted by atomic mass is 35.5. The molecule has 5 aromatic carbocycles. The van der Waals surface area contributed by atoms with E-state index in [1.54, 1.807) is 31.2 Å². The number of allylic oxidation sites excluding steroid dienone is 2. The average molecular weight is 726 g/mol. The molecule has 2 N–H and O–H groups in total. The molecule has 10 heteroatoms. The number of hydrogen-bond acceptors (Lipinski definition) is 6. The van der Waals surface area contributed by atoms with Crippen molar-refractivity contribution < 1.29 is 28.7 Å². The van der Waals surface area contributed by atoms with Crippen molar-refractivity contribution in [1.29, 1.82) is 0 Å². The SMILES string of the molecule is CC12C(=O)N(c3ccc(F)c(Cl)c3)C(=O)C1CC1C(=CCC3C(=O)N(c4ccc(Nc5ccccc5)cc4)C(=O)C31)C2c1ccc2ccccc2c1O. The Kier molecular flexibility index (Phi) is 7.57. The summed E-state index contributed by atoms with van der Waals surface area (Å²) in [5.74, 6) is -6.12. The maximum atomic E-state index is 14.8. The number of nitrogens with one attached hydrogen (secondary N) is 1. The Balaban J connectivity index is 1.13. The van der Waals surface area contributed by atoms with Gasteiger partial charge in [0.2, 0.25) is 23.6 Å². The molecule has 8 nitrogen and oxygen atoms in total. The van der Waals surface area contributed by atoms with Crippen LogP contribution in [0.3, 0.4) is 0 Å². The van der Waals surface area contributed by atoms with E-state index in [0.717, 1.165) is 33.3 Å². The number of halogens is 2. The number of benzene rings is 5. The van der Waals surface area contributed by atoms with Crippen LogP contribution in [0.5, 0.6) is 5.75 Å². The average Bonchev–Trinajstić information content (AvgIpc) is 3.53. The first-order valence-electron chi connectivity index (χ1n) is 17.6. The number of phenolic OH excluding ortho intramolecular Hbond substituents is 1. The molecule has 4 aliphatic rings. The summed E-state index contributed by atoms with van der Waals surface area (Å²) in [5, 5.41) is 16.4. The fourth-order valence-electron chi connectivity index (χ4n) is 9.37. The Morgan fingerprint density at radius 3 is 2.23 bits per heavy atom. The Morgan fingerprint density at radius 1 is 0.774 bits per heavy atom. The third kappa shape index (κ3) is 4.87. The summed E-state index contributed by atoms with van der Waals surface area (Å²) < 4.78 is 14.2. The van der Waals surface area contributed by atoms with Crippen molar-refractivity contribution in [1.82, 2.24) is 0 Å². The summed E-state index contributed by atoms with van der Waals surface area (Å²) in [6.45, 7) is 1.74. The lowest BCUT2D eigenvalue weighted by atomic mass is 9.51. The number of rotatable bonds is 5. The Morgan fingerprint density at radius 2 is 1.47 bits per heavy atom. The van der Waals surface area contributed by atoms with Crippen molar-refractivity contribution in [2.75, 3.05) is 15.1 Å². The highest BCUT2D eigenvalue weighted by Gasteiger charge is 2.68. The molecular formula is C43H33ClFN3O5. The van der Waals surface area contributed by atoms with Gasteiger partial charge < -0.3 is 10.4 Å². The van der Waals surface area contributed by atoms with E-state index in [2.05, 4.69) is 5.32 Å². The quantitative estimate of drug-likeness (QED) is 0.139. The molecule has 264 valence electrons. The molecule has 0 aromatic heterocycles. The van der Waals surface area contributed by atoms with Crippen LogP contribution in [0.1, 0.15) is 31.2 Å². The van der Waals surface area contributed by atoms with Crippen molar-refractivity contribution >= 4 is 68.8 Å². The minimum absolute atomic E-state index is 0.0140. The molecule has 6 unspecified atom stereocenters. The molecule has 6 atom stereocenters. The lowest BCUT2D eigenvalue weighted by Crippen LogP contribution is -2.48. The van der Waals surface area contributed by atoms with Gasteiger partial charge in [0.05, 0.1) is 39.6 Å². The maximum absolute atomic E-state index is 14.8. The first-order chi connectivity index (χ1) is 25.6. The molecule has 1 saturated carbocycles. The number of anilines is 4. The van der Waals surface area contributed by atoms with Crippen LogP contribution in [0.4, 0.5) is 27.1 Å². The minimum atomic E-state index is -1.39. The summed E-state index contributed by atoms with van der Waals surface area (Å²) in [7, 11) is 0. The second-order valence-electron chi connectivity index (χ2n) is 14.5. The Hall–Kier alpha value is -5.80. The van der Waals surface area contributed by atoms with Crippen LogP contribution in [-0.4, -0.2) is 28.7 Å². The molecule has 0 bridgehead atoms. The molecule has 2 heterocycles. The molecule has 0 spiro atoms. The van der Waals surface area contributed by atoms with E-state index in [1.807, 2.05) is 72.8 Å². The molecule has 53 heavy (non-hydrogen) atoms. The number of phenols is 1. The molecule has 2 aliphatic carbocycles. The summed E-state index contributed by atoms with van der Waals surface area (Å²) in [4.78, 5) is 60.2. The number of para-hydroxylation sites is 1. The first-order valence-corrected chi connectivity index (χ1v) is 18.0. The fraction of sp³-hybridized carbons (Fsp3) is 0.209. The van der Waals surface area contributed by atoms with Crippen LogP contribution in [-0.2, 0) is 19.2 Å². The normalized spacial score (nSPS) is 26.4. The van der Waals surface area contributed by atoms with E-state index in [-0.39, 0.29) is 41.1 Å². The summed E-state index contributed by atoms with van der Waals surface area (Å²) in [5.41, 5.74) is 2.10. The van der Waals surface area contributed by atoms with Gasteiger partial charge in [-0.1, -0.05) is 77.8 Å². The zero-order chi connectivity index (χ0) is 36.8. The van der Waals surface area contributed by atoms with Gasteiger partial charge in [0.25, 0.3) is 0 Å². The van der Waals surface area contributed by atoms with Gasteiger partial charge in [-0.2, -0.15) is 0 Å². The first kappa shape index (κ1) is 33.1. The van der Waals surface area contributed by atoms with Crippen molar-refractivity contribution in [2.24, 2.45) is 29.1 Å². The second-order valence-corrected chi connectivity index (χ2v) is 14.9. The topological polar surface area (TPSA) is 107 Å². The number of aromatic hydroxyl groups is 1. The molecule has 9 rings (SSSR count). The zero-order valence-electron chi connectivity index (χ0n) is 28.5. The van der Waals surface area contributed by atoms with Crippen LogP contribution >= 0.6 is 11.6 Å². The molecule has 2 saturated heterocycles. The van der Waals surface area contributed by atoms with E-state index in [4.69, 9.17) is 11.6 Å². The molecule has 5 aromatic rings. The van der Waals surface area contributed by atoms with E-state index in [0.29, 0.717) is 16.6 Å². The van der Waals surface area contributed by atoms with E-state index in [9.17, 15) is 28.7 Å². The van der Waals surface area contributed by atoms with Crippen LogP contribution in [0.15, 0.2) is 121 Å². The molecule has 3 fully saturated rings. The predicted molar refractivity (Wildman–Crippen MR) is 200 cm³/mol. The maximum Gasteiger partial charge on any atom is 0.241 e. The summed E-state index contributed by atoms with van der Waals surface area (Å²) >= 11 is 6.13. The molecule has 2 aliphatic heterocycles. The van der Waals surface area contributed by atoms with Crippen molar-refractivity contribution in [2.45, 2.75) is 25.7 Å². The third-order valence-electron chi connectivity index (χ3n) is 11.9. The van der Waals surface area contributed by atoms with E-state index in [1.165, 1.54) is 17.0 Å².